The highest BCUT2D eigenvalue weighted by atomic mass is 32.2. The zero-order chi connectivity index (χ0) is 11.3. The van der Waals surface area contributed by atoms with Crippen LogP contribution in [0.25, 0.3) is 0 Å². The molecule has 0 heterocycles. The molecule has 1 rings (SSSR count). The second-order valence-corrected chi connectivity index (χ2v) is 4.91. The number of rotatable bonds is 5. The highest BCUT2D eigenvalue weighted by molar-refractivity contribution is 7.85. The van der Waals surface area contributed by atoms with Gasteiger partial charge in [0.2, 0.25) is 0 Å². The van der Waals surface area contributed by atoms with Gasteiger partial charge in [0.15, 0.2) is 0 Å². The molecule has 0 aliphatic rings. The van der Waals surface area contributed by atoms with Crippen LogP contribution in [0.2, 0.25) is 0 Å². The van der Waals surface area contributed by atoms with E-state index >= 15 is 0 Å². The largest absolute Gasteiger partial charge is 0.398 e. The molecule has 0 bridgehead atoms. The zero-order valence-corrected chi connectivity index (χ0v) is 9.97. The van der Waals surface area contributed by atoms with Crippen molar-refractivity contribution in [2.75, 3.05) is 25.2 Å². The second kappa shape index (κ2) is 5.88. The van der Waals surface area contributed by atoms with E-state index in [4.69, 9.17) is 10.5 Å². The molecule has 0 aliphatic heterocycles. The first-order valence-electron chi connectivity index (χ1n) is 4.89. The summed E-state index contributed by atoms with van der Waals surface area (Å²) in [6.07, 6.45) is 0.803. The number of hydrogen-bond acceptors (Lipinski definition) is 3. The molecule has 15 heavy (non-hydrogen) atoms. The Morgan fingerprint density at radius 3 is 2.87 bits per heavy atom. The predicted molar refractivity (Wildman–Crippen MR) is 63.4 cm³/mol. The van der Waals surface area contributed by atoms with Crippen molar-refractivity contribution in [3.8, 4) is 0 Å². The van der Waals surface area contributed by atoms with Crippen LogP contribution in [0.3, 0.4) is 0 Å². The van der Waals surface area contributed by atoms with Crippen molar-refractivity contribution in [2.45, 2.75) is 18.2 Å². The molecule has 0 amide bonds. The molecule has 0 saturated carbocycles. The topological polar surface area (TPSA) is 52.3 Å². The van der Waals surface area contributed by atoms with Gasteiger partial charge in [0.25, 0.3) is 0 Å². The lowest BCUT2D eigenvalue weighted by atomic mass is 10.2. The molecule has 1 unspecified atom stereocenters. The molecule has 3 nitrogen and oxygen atoms in total. The number of nitrogens with two attached hydrogens (primary N) is 1. The van der Waals surface area contributed by atoms with Crippen molar-refractivity contribution in [2.24, 2.45) is 0 Å². The van der Waals surface area contributed by atoms with E-state index in [1.807, 2.05) is 25.1 Å². The zero-order valence-electron chi connectivity index (χ0n) is 9.16. The maximum absolute atomic E-state index is 11.9. The smallest absolute Gasteiger partial charge is 0.0533 e. The minimum atomic E-state index is -0.967. The molecule has 1 atom stereocenters. The lowest BCUT2D eigenvalue weighted by Gasteiger charge is -2.07. The number of anilines is 1. The summed E-state index contributed by atoms with van der Waals surface area (Å²) in [5.74, 6) is 0.623. The van der Waals surface area contributed by atoms with Gasteiger partial charge in [-0.05, 0) is 31.0 Å². The number of ether oxygens (including phenoxy) is 1. The average molecular weight is 227 g/mol. The van der Waals surface area contributed by atoms with Crippen LogP contribution in [0.1, 0.15) is 12.0 Å². The molecule has 1 aromatic carbocycles. The van der Waals surface area contributed by atoms with Crippen LogP contribution in [-0.4, -0.2) is 23.7 Å². The molecule has 0 aromatic heterocycles. The van der Waals surface area contributed by atoms with E-state index in [2.05, 4.69) is 0 Å². The Morgan fingerprint density at radius 2 is 2.20 bits per heavy atom. The summed E-state index contributed by atoms with van der Waals surface area (Å²) < 4.78 is 16.8. The van der Waals surface area contributed by atoms with Crippen LogP contribution in [-0.2, 0) is 15.5 Å². The molecule has 2 N–H and O–H groups in total. The van der Waals surface area contributed by atoms with E-state index in [0.717, 1.165) is 16.9 Å². The van der Waals surface area contributed by atoms with E-state index in [-0.39, 0.29) is 0 Å². The molecular weight excluding hydrogens is 210 g/mol. The predicted octanol–water partition coefficient (Wildman–Crippen LogP) is 1.72. The fraction of sp³-hybridized carbons (Fsp3) is 0.455. The van der Waals surface area contributed by atoms with Gasteiger partial charge < -0.3 is 10.5 Å². The maximum Gasteiger partial charge on any atom is 0.0533 e. The Bertz CT molecular complexity index is 352. The van der Waals surface area contributed by atoms with E-state index in [9.17, 15) is 4.21 Å². The van der Waals surface area contributed by atoms with Crippen molar-refractivity contribution in [3.63, 3.8) is 0 Å². The van der Waals surface area contributed by atoms with E-state index in [1.54, 1.807) is 7.11 Å². The number of hydrogen-bond donors (Lipinski definition) is 1. The Kier molecular flexibility index (Phi) is 4.78. The van der Waals surface area contributed by atoms with Crippen LogP contribution >= 0.6 is 0 Å². The fourth-order valence-corrected chi connectivity index (χ4v) is 2.61. The Labute approximate surface area is 93.1 Å². The summed E-state index contributed by atoms with van der Waals surface area (Å²) in [5, 5.41) is 0. The van der Waals surface area contributed by atoms with Gasteiger partial charge in [-0.15, -0.1) is 0 Å². The number of nitrogen functional groups attached to an aromatic ring is 1. The van der Waals surface area contributed by atoms with Crippen LogP contribution in [0, 0.1) is 6.92 Å². The molecule has 4 heteroatoms. The van der Waals surface area contributed by atoms with Crippen LogP contribution in [0.4, 0.5) is 5.69 Å². The van der Waals surface area contributed by atoms with Gasteiger partial charge in [0, 0.05) is 30.1 Å². The summed E-state index contributed by atoms with van der Waals surface area (Å²) in [6.45, 7) is 2.55. The highest BCUT2D eigenvalue weighted by Crippen LogP contribution is 2.19. The highest BCUT2D eigenvalue weighted by Gasteiger charge is 2.08. The number of benzene rings is 1. The van der Waals surface area contributed by atoms with Gasteiger partial charge in [-0.25, -0.2) is 0 Å². The Hall–Kier alpha value is -0.870. The first-order chi connectivity index (χ1) is 7.16. The van der Waals surface area contributed by atoms with Crippen molar-refractivity contribution >= 4 is 16.5 Å². The average Bonchev–Trinajstić information content (AvgIpc) is 2.22. The van der Waals surface area contributed by atoms with Crippen LogP contribution in [0.15, 0.2) is 23.1 Å². The third kappa shape index (κ3) is 3.32. The monoisotopic (exact) mass is 227 g/mol. The van der Waals surface area contributed by atoms with Crippen LogP contribution in [0.5, 0.6) is 0 Å². The normalized spacial score (nSPS) is 12.7. The van der Waals surface area contributed by atoms with Gasteiger partial charge >= 0.3 is 0 Å². The van der Waals surface area contributed by atoms with Gasteiger partial charge in [-0.3, -0.25) is 4.21 Å². The summed E-state index contributed by atoms with van der Waals surface area (Å²) >= 11 is 0. The minimum absolute atomic E-state index is 0.623. The molecule has 0 aliphatic carbocycles. The van der Waals surface area contributed by atoms with Gasteiger partial charge in [0.1, 0.15) is 0 Å². The number of methoxy groups -OCH3 is 1. The SMILES string of the molecule is COCCCS(=O)c1cccc(N)c1C. The molecule has 0 fully saturated rings. The molecule has 0 saturated heterocycles. The van der Waals surface area contributed by atoms with Crippen molar-refractivity contribution in [1.82, 2.24) is 0 Å². The van der Waals surface area contributed by atoms with E-state index in [1.165, 1.54) is 0 Å². The molecule has 84 valence electrons. The fourth-order valence-electron chi connectivity index (χ4n) is 1.32. The summed E-state index contributed by atoms with van der Waals surface area (Å²) in [4.78, 5) is 0.839. The minimum Gasteiger partial charge on any atom is -0.398 e. The Balaban J connectivity index is 2.69. The second-order valence-electron chi connectivity index (χ2n) is 3.37. The standard InChI is InChI=1S/C11H17NO2S/c1-9-10(12)5-3-6-11(9)15(13)8-4-7-14-2/h3,5-6H,4,7-8,12H2,1-2H3. The summed E-state index contributed by atoms with van der Waals surface area (Å²) in [5.41, 5.74) is 7.38. The van der Waals surface area contributed by atoms with Gasteiger partial charge in [-0.2, -0.15) is 0 Å². The van der Waals surface area contributed by atoms with E-state index in [0.29, 0.717) is 18.0 Å². The van der Waals surface area contributed by atoms with Gasteiger partial charge in [-0.1, -0.05) is 6.07 Å². The first-order valence-corrected chi connectivity index (χ1v) is 6.21. The molecule has 0 radical (unpaired) electrons. The summed E-state index contributed by atoms with van der Waals surface area (Å²) in [6, 6.07) is 5.53. The Morgan fingerprint density at radius 1 is 1.47 bits per heavy atom. The molecule has 0 spiro atoms. The third-order valence-electron chi connectivity index (χ3n) is 2.25. The molecule has 1 aromatic rings. The van der Waals surface area contributed by atoms with Crippen LogP contribution < -0.4 is 5.73 Å². The molecular formula is C11H17NO2S. The summed E-state index contributed by atoms with van der Waals surface area (Å²) in [7, 11) is 0.681. The van der Waals surface area contributed by atoms with Crippen molar-refractivity contribution < 1.29 is 8.95 Å². The van der Waals surface area contributed by atoms with Gasteiger partial charge in [0.05, 0.1) is 10.8 Å². The van der Waals surface area contributed by atoms with Crippen molar-refractivity contribution in [3.05, 3.63) is 23.8 Å². The van der Waals surface area contributed by atoms with E-state index < -0.39 is 10.8 Å². The lowest BCUT2D eigenvalue weighted by Crippen LogP contribution is -2.04. The lowest BCUT2D eigenvalue weighted by molar-refractivity contribution is 0.200. The quantitative estimate of drug-likeness (QED) is 0.615. The maximum atomic E-state index is 11.9. The van der Waals surface area contributed by atoms with Crippen molar-refractivity contribution in [1.29, 1.82) is 0 Å². The third-order valence-corrected chi connectivity index (χ3v) is 3.84. The first kappa shape index (κ1) is 12.2.